The number of rotatable bonds is 4. The molecule has 2 rings (SSSR count). The smallest absolute Gasteiger partial charge is 0.417 e. The van der Waals surface area contributed by atoms with Crippen molar-refractivity contribution >= 4 is 5.97 Å². The van der Waals surface area contributed by atoms with Gasteiger partial charge in [-0.15, -0.1) is 0 Å². The molecule has 0 radical (unpaired) electrons. The summed E-state index contributed by atoms with van der Waals surface area (Å²) in [6.45, 7) is 0.920. The molecule has 0 fully saturated rings. The summed E-state index contributed by atoms with van der Waals surface area (Å²) < 4.78 is 40.5. The minimum atomic E-state index is -4.58. The summed E-state index contributed by atoms with van der Waals surface area (Å²) in [4.78, 5) is 11.1. The number of hydrogen-bond donors (Lipinski definition) is 2. The molecule has 118 valence electrons. The molecule has 1 aromatic heterocycles. The van der Waals surface area contributed by atoms with Gasteiger partial charge in [-0.3, -0.25) is 4.68 Å². The van der Waals surface area contributed by atoms with Gasteiger partial charge in [0, 0.05) is 11.1 Å². The molecule has 0 aliphatic heterocycles. The molecule has 8 heteroatoms. The van der Waals surface area contributed by atoms with E-state index in [2.05, 4.69) is 5.10 Å². The molecule has 22 heavy (non-hydrogen) atoms. The minimum Gasteiger partial charge on any atom is -0.476 e. The van der Waals surface area contributed by atoms with E-state index in [1.54, 1.807) is 0 Å². The summed E-state index contributed by atoms with van der Waals surface area (Å²) in [6.07, 6.45) is -4.58. The Morgan fingerprint density at radius 1 is 1.32 bits per heavy atom. The van der Waals surface area contributed by atoms with Crippen molar-refractivity contribution in [3.63, 3.8) is 0 Å². The summed E-state index contributed by atoms with van der Waals surface area (Å²) in [5, 5.41) is 21.9. The van der Waals surface area contributed by atoms with Crippen LogP contribution in [0.3, 0.4) is 0 Å². The first kappa shape index (κ1) is 16.0. The van der Waals surface area contributed by atoms with Gasteiger partial charge in [-0.05, 0) is 13.0 Å². The zero-order valence-corrected chi connectivity index (χ0v) is 11.6. The Hall–Kier alpha value is -2.35. The van der Waals surface area contributed by atoms with Gasteiger partial charge in [0.1, 0.15) is 0 Å². The van der Waals surface area contributed by atoms with E-state index in [0.717, 1.165) is 10.7 Å². The number of aromatic nitrogens is 2. The first-order valence-electron chi connectivity index (χ1n) is 6.35. The van der Waals surface area contributed by atoms with E-state index < -0.39 is 17.7 Å². The number of carbonyl (C=O) groups is 1. The first-order valence-corrected chi connectivity index (χ1v) is 6.35. The number of alkyl halides is 3. The fraction of sp³-hybridized carbons (Fsp3) is 0.286. The maximum atomic E-state index is 13.2. The van der Waals surface area contributed by atoms with Crippen molar-refractivity contribution in [2.24, 2.45) is 0 Å². The van der Waals surface area contributed by atoms with Crippen LogP contribution >= 0.6 is 0 Å². The Labute approximate surface area is 123 Å². The van der Waals surface area contributed by atoms with E-state index >= 15 is 0 Å². The quantitative estimate of drug-likeness (QED) is 0.909. The highest BCUT2D eigenvalue weighted by Crippen LogP contribution is 2.38. The number of aromatic carboxylic acids is 1. The molecule has 1 aromatic carbocycles. The van der Waals surface area contributed by atoms with Gasteiger partial charge in [-0.2, -0.15) is 18.3 Å². The fourth-order valence-corrected chi connectivity index (χ4v) is 2.29. The van der Waals surface area contributed by atoms with E-state index in [9.17, 15) is 18.0 Å². The predicted octanol–water partition coefficient (Wildman–Crippen LogP) is 2.57. The lowest BCUT2D eigenvalue weighted by Gasteiger charge is -2.14. The zero-order chi connectivity index (χ0) is 16.5. The van der Waals surface area contributed by atoms with Gasteiger partial charge in [0.15, 0.2) is 5.69 Å². The van der Waals surface area contributed by atoms with Gasteiger partial charge < -0.3 is 10.2 Å². The SMILES string of the molecule is Cc1c(C(=O)O)nn(CCO)c1-c1ccccc1C(F)(F)F. The van der Waals surface area contributed by atoms with Crippen molar-refractivity contribution in [2.75, 3.05) is 6.61 Å². The number of hydrogen-bond acceptors (Lipinski definition) is 3. The summed E-state index contributed by atoms with van der Waals surface area (Å²) in [5.74, 6) is -1.33. The molecule has 2 aromatic rings. The third-order valence-electron chi connectivity index (χ3n) is 3.19. The third-order valence-corrected chi connectivity index (χ3v) is 3.19. The van der Waals surface area contributed by atoms with Crippen LogP contribution in [0.4, 0.5) is 13.2 Å². The Bertz CT molecular complexity index is 708. The summed E-state index contributed by atoms with van der Waals surface area (Å²) in [7, 11) is 0. The Morgan fingerprint density at radius 3 is 2.50 bits per heavy atom. The standard InChI is InChI=1S/C14H13F3N2O3/c1-8-11(13(21)22)18-19(6-7-20)12(8)9-4-2-3-5-10(9)14(15,16)17/h2-5,20H,6-7H2,1H3,(H,21,22). The normalized spacial score (nSPS) is 11.7. The average molecular weight is 314 g/mol. The van der Waals surface area contributed by atoms with Crippen molar-refractivity contribution in [2.45, 2.75) is 19.6 Å². The Balaban J connectivity index is 2.75. The van der Waals surface area contributed by atoms with Gasteiger partial charge in [-0.1, -0.05) is 18.2 Å². The molecular formula is C14H13F3N2O3. The maximum Gasteiger partial charge on any atom is 0.417 e. The number of carboxylic acids is 1. The van der Waals surface area contributed by atoms with Gasteiger partial charge in [0.25, 0.3) is 0 Å². The highest BCUT2D eigenvalue weighted by atomic mass is 19.4. The minimum absolute atomic E-state index is 0.0411. The van der Waals surface area contributed by atoms with Crippen LogP contribution < -0.4 is 0 Å². The largest absolute Gasteiger partial charge is 0.476 e. The lowest BCUT2D eigenvalue weighted by molar-refractivity contribution is -0.137. The second kappa shape index (κ2) is 5.80. The van der Waals surface area contributed by atoms with Crippen LogP contribution in [0.1, 0.15) is 21.6 Å². The molecule has 0 aliphatic carbocycles. The lowest BCUT2D eigenvalue weighted by atomic mass is 10.0. The molecule has 0 saturated heterocycles. The van der Waals surface area contributed by atoms with Crippen LogP contribution in [0.5, 0.6) is 0 Å². The summed E-state index contributed by atoms with van der Waals surface area (Å²) in [5.41, 5.74) is -1.22. The molecular weight excluding hydrogens is 301 g/mol. The topological polar surface area (TPSA) is 75.3 Å². The van der Waals surface area contributed by atoms with E-state index in [4.69, 9.17) is 10.2 Å². The molecule has 0 amide bonds. The van der Waals surface area contributed by atoms with Crippen LogP contribution in [-0.2, 0) is 12.7 Å². The van der Waals surface area contributed by atoms with Crippen LogP contribution in [0.2, 0.25) is 0 Å². The van der Waals surface area contributed by atoms with E-state index in [-0.39, 0.29) is 35.7 Å². The second-order valence-electron chi connectivity index (χ2n) is 4.62. The van der Waals surface area contributed by atoms with E-state index in [1.807, 2.05) is 0 Å². The van der Waals surface area contributed by atoms with Crippen molar-refractivity contribution in [3.05, 3.63) is 41.1 Å². The van der Waals surface area contributed by atoms with Gasteiger partial charge >= 0.3 is 12.1 Å². The number of nitrogens with zero attached hydrogens (tertiary/aromatic N) is 2. The number of carboxylic acid groups (broad SMARTS) is 1. The van der Waals surface area contributed by atoms with Gasteiger partial charge in [0.2, 0.25) is 0 Å². The molecule has 0 spiro atoms. The fourth-order valence-electron chi connectivity index (χ4n) is 2.29. The average Bonchev–Trinajstić information content (AvgIpc) is 2.75. The lowest BCUT2D eigenvalue weighted by Crippen LogP contribution is -2.11. The van der Waals surface area contributed by atoms with Crippen LogP contribution in [0.15, 0.2) is 24.3 Å². The summed E-state index contributed by atoms with van der Waals surface area (Å²) in [6, 6.07) is 4.87. The first-order chi connectivity index (χ1) is 10.3. The number of aliphatic hydroxyl groups is 1. The van der Waals surface area contributed by atoms with Gasteiger partial charge in [-0.25, -0.2) is 4.79 Å². The number of benzene rings is 1. The van der Waals surface area contributed by atoms with Crippen LogP contribution in [0, 0.1) is 6.92 Å². The van der Waals surface area contributed by atoms with E-state index in [0.29, 0.717) is 0 Å². The van der Waals surface area contributed by atoms with Crippen molar-refractivity contribution in [1.82, 2.24) is 9.78 Å². The molecule has 1 heterocycles. The summed E-state index contributed by atoms with van der Waals surface area (Å²) >= 11 is 0. The molecule has 5 nitrogen and oxygen atoms in total. The number of halogens is 3. The van der Waals surface area contributed by atoms with Crippen LogP contribution in [-0.4, -0.2) is 32.6 Å². The predicted molar refractivity (Wildman–Crippen MR) is 71.4 cm³/mol. The molecule has 0 unspecified atom stereocenters. The maximum absolute atomic E-state index is 13.2. The monoisotopic (exact) mass is 314 g/mol. The molecule has 0 bridgehead atoms. The Morgan fingerprint density at radius 2 is 1.95 bits per heavy atom. The van der Waals surface area contributed by atoms with Crippen molar-refractivity contribution < 1.29 is 28.2 Å². The number of aliphatic hydroxyl groups excluding tert-OH is 1. The highest BCUT2D eigenvalue weighted by molar-refractivity contribution is 5.89. The zero-order valence-electron chi connectivity index (χ0n) is 11.6. The molecule has 0 saturated carbocycles. The molecule has 0 aliphatic rings. The van der Waals surface area contributed by atoms with Crippen LogP contribution in [0.25, 0.3) is 11.3 Å². The van der Waals surface area contributed by atoms with E-state index in [1.165, 1.54) is 25.1 Å². The van der Waals surface area contributed by atoms with Gasteiger partial charge in [0.05, 0.1) is 24.4 Å². The van der Waals surface area contributed by atoms with Crippen molar-refractivity contribution in [3.8, 4) is 11.3 Å². The van der Waals surface area contributed by atoms with Crippen molar-refractivity contribution in [1.29, 1.82) is 0 Å². The molecule has 0 atom stereocenters. The highest BCUT2D eigenvalue weighted by Gasteiger charge is 2.35. The molecule has 2 N–H and O–H groups in total. The third kappa shape index (κ3) is 2.82. The Kier molecular flexibility index (Phi) is 4.23. The second-order valence-corrected chi connectivity index (χ2v) is 4.62.